The Morgan fingerprint density at radius 3 is 2.85 bits per heavy atom. The summed E-state index contributed by atoms with van der Waals surface area (Å²) in [6.45, 7) is 0.258. The van der Waals surface area contributed by atoms with Crippen LogP contribution in [0.25, 0.3) is 0 Å². The van der Waals surface area contributed by atoms with Crippen molar-refractivity contribution in [1.82, 2.24) is 4.90 Å². The minimum absolute atomic E-state index is 0.0186. The Hall–Kier alpha value is -2.31. The Morgan fingerprint density at radius 1 is 1.60 bits per heavy atom. The summed E-state index contributed by atoms with van der Waals surface area (Å²) in [6, 6.07) is 4.92. The molecule has 1 aliphatic rings. The maximum Gasteiger partial charge on any atom is 0.270 e. The van der Waals surface area contributed by atoms with Gasteiger partial charge in [0.1, 0.15) is 5.75 Å². The van der Waals surface area contributed by atoms with E-state index in [4.69, 9.17) is 10.5 Å². The van der Waals surface area contributed by atoms with Crippen LogP contribution in [0.5, 0.6) is 5.75 Å². The maximum atomic E-state index is 10.8. The topological polar surface area (TPSA) is 94.0 Å². The van der Waals surface area contributed by atoms with Crippen LogP contribution in [0, 0.1) is 10.1 Å². The zero-order valence-corrected chi connectivity index (χ0v) is 11.6. The number of aliphatic imine (C=N–C) groups is 1. The summed E-state index contributed by atoms with van der Waals surface area (Å²) in [6.07, 6.45) is 2.26. The summed E-state index contributed by atoms with van der Waals surface area (Å²) in [4.78, 5) is 16.6. The number of methoxy groups -OCH3 is 1. The van der Waals surface area contributed by atoms with Crippen LogP contribution in [0.2, 0.25) is 0 Å². The van der Waals surface area contributed by atoms with Gasteiger partial charge < -0.3 is 15.4 Å². The Bertz CT molecular complexity index is 540. The van der Waals surface area contributed by atoms with Crippen molar-refractivity contribution < 1.29 is 9.66 Å². The predicted molar refractivity (Wildman–Crippen MR) is 75.8 cm³/mol. The molecule has 2 rings (SSSR count). The highest BCUT2D eigenvalue weighted by atomic mass is 16.6. The first-order valence-electron chi connectivity index (χ1n) is 6.37. The molecule has 1 aliphatic carbocycles. The molecule has 0 bridgehead atoms. The lowest BCUT2D eigenvalue weighted by Crippen LogP contribution is -2.35. The van der Waals surface area contributed by atoms with Gasteiger partial charge in [0.05, 0.1) is 18.6 Å². The molecule has 2 N–H and O–H groups in total. The zero-order valence-electron chi connectivity index (χ0n) is 11.6. The highest BCUT2D eigenvalue weighted by Gasteiger charge is 2.27. The van der Waals surface area contributed by atoms with Crippen molar-refractivity contribution in [3.8, 4) is 5.75 Å². The van der Waals surface area contributed by atoms with Gasteiger partial charge in [0.2, 0.25) is 0 Å². The summed E-state index contributed by atoms with van der Waals surface area (Å²) in [5, 5.41) is 10.8. The Balaban J connectivity index is 2.16. The molecule has 7 heteroatoms. The summed E-state index contributed by atoms with van der Waals surface area (Å²) in [7, 11) is 3.43. The largest absolute Gasteiger partial charge is 0.496 e. The fourth-order valence-corrected chi connectivity index (χ4v) is 1.93. The van der Waals surface area contributed by atoms with Crippen molar-refractivity contribution in [3.05, 3.63) is 33.9 Å². The summed E-state index contributed by atoms with van der Waals surface area (Å²) < 4.78 is 5.19. The van der Waals surface area contributed by atoms with E-state index < -0.39 is 4.92 Å². The molecule has 1 saturated carbocycles. The second kappa shape index (κ2) is 5.77. The number of guanidine groups is 1. The minimum atomic E-state index is -0.438. The first kappa shape index (κ1) is 14.1. The number of benzene rings is 1. The van der Waals surface area contributed by atoms with Gasteiger partial charge >= 0.3 is 0 Å². The lowest BCUT2D eigenvalue weighted by atomic mass is 10.2. The van der Waals surface area contributed by atoms with Gasteiger partial charge in [-0.15, -0.1) is 0 Å². The van der Waals surface area contributed by atoms with Crippen molar-refractivity contribution >= 4 is 11.6 Å². The van der Waals surface area contributed by atoms with Crippen molar-refractivity contribution in [2.75, 3.05) is 14.2 Å². The fraction of sp³-hybridized carbons (Fsp3) is 0.462. The molecule has 1 aromatic carbocycles. The average molecular weight is 278 g/mol. The van der Waals surface area contributed by atoms with Crippen molar-refractivity contribution in [3.63, 3.8) is 0 Å². The molecule has 0 radical (unpaired) electrons. The number of nitrogens with zero attached hydrogens (tertiary/aromatic N) is 3. The van der Waals surface area contributed by atoms with Gasteiger partial charge in [-0.05, 0) is 18.9 Å². The molecule has 108 valence electrons. The van der Waals surface area contributed by atoms with Gasteiger partial charge in [-0.3, -0.25) is 10.1 Å². The standard InChI is InChI=1S/C13H18N4O3/c1-16(10-3-4-10)13(14)15-8-9-7-11(17(18)19)5-6-12(9)20-2/h5-7,10H,3-4,8H2,1-2H3,(H2,14,15). The van der Waals surface area contributed by atoms with Crippen molar-refractivity contribution in [2.45, 2.75) is 25.4 Å². The smallest absolute Gasteiger partial charge is 0.270 e. The van der Waals surface area contributed by atoms with Gasteiger partial charge in [0.25, 0.3) is 5.69 Å². The molecular formula is C13H18N4O3. The summed E-state index contributed by atoms with van der Waals surface area (Å²) in [5.74, 6) is 1.02. The third kappa shape index (κ3) is 3.17. The number of nitro benzene ring substituents is 1. The minimum Gasteiger partial charge on any atom is -0.496 e. The van der Waals surface area contributed by atoms with Crippen LogP contribution in [-0.2, 0) is 6.54 Å². The van der Waals surface area contributed by atoms with E-state index in [1.165, 1.54) is 19.2 Å². The first-order valence-corrected chi connectivity index (χ1v) is 6.37. The molecular weight excluding hydrogens is 260 g/mol. The van der Waals surface area contributed by atoms with E-state index >= 15 is 0 Å². The number of nitrogens with two attached hydrogens (primary N) is 1. The van der Waals surface area contributed by atoms with E-state index in [0.717, 1.165) is 12.8 Å². The molecule has 0 atom stereocenters. The number of non-ortho nitro benzene ring substituents is 1. The van der Waals surface area contributed by atoms with E-state index in [0.29, 0.717) is 23.3 Å². The number of hydrogen-bond donors (Lipinski definition) is 1. The van der Waals surface area contributed by atoms with Crippen LogP contribution in [0.4, 0.5) is 5.69 Å². The quantitative estimate of drug-likeness (QED) is 0.381. The van der Waals surface area contributed by atoms with Crippen LogP contribution in [-0.4, -0.2) is 36.0 Å². The molecule has 1 aromatic rings. The number of rotatable bonds is 5. The van der Waals surface area contributed by atoms with Crippen molar-refractivity contribution in [2.24, 2.45) is 10.7 Å². The molecule has 0 saturated heterocycles. The molecule has 0 amide bonds. The maximum absolute atomic E-state index is 10.8. The van der Waals surface area contributed by atoms with E-state index in [-0.39, 0.29) is 12.2 Å². The van der Waals surface area contributed by atoms with E-state index in [1.807, 2.05) is 11.9 Å². The van der Waals surface area contributed by atoms with Crippen LogP contribution in [0.1, 0.15) is 18.4 Å². The van der Waals surface area contributed by atoms with E-state index in [2.05, 4.69) is 4.99 Å². The number of ether oxygens (including phenoxy) is 1. The summed E-state index contributed by atoms with van der Waals surface area (Å²) in [5.41, 5.74) is 6.56. The third-order valence-electron chi connectivity index (χ3n) is 3.34. The molecule has 0 unspecified atom stereocenters. The normalized spacial score (nSPS) is 15.0. The average Bonchev–Trinajstić information content (AvgIpc) is 3.27. The lowest BCUT2D eigenvalue weighted by molar-refractivity contribution is -0.384. The molecule has 0 aliphatic heterocycles. The molecule has 20 heavy (non-hydrogen) atoms. The van der Waals surface area contributed by atoms with Crippen molar-refractivity contribution in [1.29, 1.82) is 0 Å². The Morgan fingerprint density at radius 2 is 2.30 bits per heavy atom. The summed E-state index contributed by atoms with van der Waals surface area (Å²) >= 11 is 0. The van der Waals surface area contributed by atoms with Crippen LogP contribution < -0.4 is 10.5 Å². The number of hydrogen-bond acceptors (Lipinski definition) is 4. The molecule has 1 fully saturated rings. The fourth-order valence-electron chi connectivity index (χ4n) is 1.93. The van der Waals surface area contributed by atoms with E-state index in [9.17, 15) is 10.1 Å². The Kier molecular flexibility index (Phi) is 4.07. The van der Waals surface area contributed by atoms with Crippen LogP contribution >= 0.6 is 0 Å². The van der Waals surface area contributed by atoms with Gasteiger partial charge in [-0.25, -0.2) is 4.99 Å². The van der Waals surface area contributed by atoms with Crippen LogP contribution in [0.15, 0.2) is 23.2 Å². The monoisotopic (exact) mass is 278 g/mol. The second-order valence-corrected chi connectivity index (χ2v) is 4.77. The first-order chi connectivity index (χ1) is 9.52. The SMILES string of the molecule is COc1ccc([N+](=O)[O-])cc1CN=C(N)N(C)C1CC1. The lowest BCUT2D eigenvalue weighted by Gasteiger charge is -2.17. The zero-order chi connectivity index (χ0) is 14.7. The second-order valence-electron chi connectivity index (χ2n) is 4.77. The molecule has 0 heterocycles. The van der Waals surface area contributed by atoms with Gasteiger partial charge in [0, 0.05) is 30.8 Å². The highest BCUT2D eigenvalue weighted by molar-refractivity contribution is 5.78. The highest BCUT2D eigenvalue weighted by Crippen LogP contribution is 2.26. The van der Waals surface area contributed by atoms with Gasteiger partial charge in [0.15, 0.2) is 5.96 Å². The number of nitro groups is 1. The van der Waals surface area contributed by atoms with Gasteiger partial charge in [-0.1, -0.05) is 0 Å². The van der Waals surface area contributed by atoms with E-state index in [1.54, 1.807) is 6.07 Å². The predicted octanol–water partition coefficient (Wildman–Crippen LogP) is 1.51. The van der Waals surface area contributed by atoms with Crippen LogP contribution in [0.3, 0.4) is 0 Å². The molecule has 0 spiro atoms. The van der Waals surface area contributed by atoms with Gasteiger partial charge in [-0.2, -0.15) is 0 Å². The molecule has 7 nitrogen and oxygen atoms in total. The Labute approximate surface area is 117 Å². The molecule has 0 aromatic heterocycles. The third-order valence-corrected chi connectivity index (χ3v) is 3.34.